The predicted octanol–water partition coefficient (Wildman–Crippen LogP) is 1.31. The normalized spacial score (nSPS) is 16.8. The molecule has 1 aliphatic carbocycles. The lowest BCUT2D eigenvalue weighted by molar-refractivity contribution is -0.130. The van der Waals surface area contributed by atoms with E-state index in [0.717, 1.165) is 24.1 Å². The highest BCUT2D eigenvalue weighted by Crippen LogP contribution is 2.45. The van der Waals surface area contributed by atoms with E-state index in [2.05, 4.69) is 4.98 Å². The van der Waals surface area contributed by atoms with E-state index >= 15 is 0 Å². The van der Waals surface area contributed by atoms with Gasteiger partial charge < -0.3 is 10.0 Å². The first-order valence-corrected chi connectivity index (χ1v) is 6.75. The number of aliphatic hydroxyl groups is 1. The van der Waals surface area contributed by atoms with Crippen molar-refractivity contribution in [2.75, 3.05) is 20.2 Å². The third-order valence-electron chi connectivity index (χ3n) is 3.36. The lowest BCUT2D eigenvalue weighted by Crippen LogP contribution is -2.34. The van der Waals surface area contributed by atoms with Crippen molar-refractivity contribution in [1.82, 2.24) is 9.88 Å². The number of aryl methyl sites for hydroxylation is 1. The van der Waals surface area contributed by atoms with Gasteiger partial charge >= 0.3 is 0 Å². The summed E-state index contributed by atoms with van der Waals surface area (Å²) >= 11 is 1.58. The molecule has 0 unspecified atom stereocenters. The molecule has 0 saturated heterocycles. The zero-order valence-corrected chi connectivity index (χ0v) is 10.9. The topological polar surface area (TPSA) is 53.4 Å². The smallest absolute Gasteiger partial charge is 0.222 e. The second-order valence-electron chi connectivity index (χ2n) is 4.88. The first kappa shape index (κ1) is 12.5. The van der Waals surface area contributed by atoms with Crippen molar-refractivity contribution in [2.24, 2.45) is 5.41 Å². The minimum Gasteiger partial charge on any atom is -0.396 e. The van der Waals surface area contributed by atoms with Gasteiger partial charge in [-0.1, -0.05) is 0 Å². The fraction of sp³-hybridized carbons (Fsp3) is 0.667. The van der Waals surface area contributed by atoms with Crippen LogP contribution >= 0.6 is 11.3 Å². The van der Waals surface area contributed by atoms with E-state index in [1.807, 2.05) is 13.2 Å². The highest BCUT2D eigenvalue weighted by atomic mass is 32.1. The van der Waals surface area contributed by atoms with Gasteiger partial charge in [-0.3, -0.25) is 9.78 Å². The lowest BCUT2D eigenvalue weighted by atomic mass is 10.1. The fourth-order valence-electron chi connectivity index (χ4n) is 1.92. The Kier molecular flexibility index (Phi) is 3.79. The van der Waals surface area contributed by atoms with Crippen molar-refractivity contribution in [2.45, 2.75) is 25.7 Å². The average molecular weight is 254 g/mol. The van der Waals surface area contributed by atoms with Crippen LogP contribution in [0.4, 0.5) is 0 Å². The summed E-state index contributed by atoms with van der Waals surface area (Å²) in [4.78, 5) is 18.8. The van der Waals surface area contributed by atoms with Crippen LogP contribution < -0.4 is 0 Å². The summed E-state index contributed by atoms with van der Waals surface area (Å²) in [5.74, 6) is 0.151. The minimum absolute atomic E-state index is 0.00883. The monoisotopic (exact) mass is 254 g/mol. The molecule has 0 atom stereocenters. The van der Waals surface area contributed by atoms with Gasteiger partial charge in [0.1, 0.15) is 0 Å². The van der Waals surface area contributed by atoms with Crippen LogP contribution in [0.5, 0.6) is 0 Å². The summed E-state index contributed by atoms with van der Waals surface area (Å²) < 4.78 is 0. The number of carbonyl (C=O) groups excluding carboxylic acids is 1. The summed E-state index contributed by atoms with van der Waals surface area (Å²) in [5.41, 5.74) is 1.80. The zero-order chi connectivity index (χ0) is 12.3. The number of aromatic nitrogens is 1. The molecule has 0 bridgehead atoms. The van der Waals surface area contributed by atoms with E-state index in [9.17, 15) is 9.90 Å². The zero-order valence-electron chi connectivity index (χ0n) is 10.1. The molecule has 0 radical (unpaired) electrons. The Morgan fingerprint density at radius 3 is 2.94 bits per heavy atom. The molecule has 1 amide bonds. The van der Waals surface area contributed by atoms with Crippen LogP contribution in [0.15, 0.2) is 11.7 Å². The van der Waals surface area contributed by atoms with Crippen molar-refractivity contribution >= 4 is 17.2 Å². The maximum atomic E-state index is 11.9. The Balaban J connectivity index is 1.75. The van der Waals surface area contributed by atoms with Gasteiger partial charge in [-0.25, -0.2) is 0 Å². The molecule has 0 aliphatic heterocycles. The minimum atomic E-state index is 0.00883. The Morgan fingerprint density at radius 2 is 2.41 bits per heavy atom. The Hall–Kier alpha value is -0.940. The molecule has 1 saturated carbocycles. The fourth-order valence-corrected chi connectivity index (χ4v) is 2.52. The summed E-state index contributed by atoms with van der Waals surface area (Å²) in [7, 11) is 1.82. The molecule has 17 heavy (non-hydrogen) atoms. The molecule has 0 spiro atoms. The van der Waals surface area contributed by atoms with Crippen molar-refractivity contribution < 1.29 is 9.90 Å². The van der Waals surface area contributed by atoms with Gasteiger partial charge in [0.15, 0.2) is 0 Å². The molecular weight excluding hydrogens is 236 g/mol. The molecule has 4 nitrogen and oxygen atoms in total. The van der Waals surface area contributed by atoms with Gasteiger partial charge in [0.05, 0.1) is 12.1 Å². The van der Waals surface area contributed by atoms with Gasteiger partial charge in [-0.15, -0.1) is 11.3 Å². The first-order chi connectivity index (χ1) is 8.15. The van der Waals surface area contributed by atoms with Gasteiger partial charge in [-0.2, -0.15) is 0 Å². The Morgan fingerprint density at radius 1 is 1.65 bits per heavy atom. The SMILES string of the molecule is CN(CC1(CO)CC1)C(=O)CCc1cncs1. The summed E-state index contributed by atoms with van der Waals surface area (Å²) in [6, 6.07) is 0. The largest absolute Gasteiger partial charge is 0.396 e. The van der Waals surface area contributed by atoms with Crippen LogP contribution in [0.2, 0.25) is 0 Å². The van der Waals surface area contributed by atoms with Gasteiger partial charge in [-0.05, 0) is 19.3 Å². The number of aliphatic hydroxyl groups excluding tert-OH is 1. The summed E-state index contributed by atoms with van der Waals surface area (Å²) in [6.07, 6.45) is 5.18. The number of amides is 1. The molecule has 0 aromatic carbocycles. The Labute approximate surface area is 105 Å². The van der Waals surface area contributed by atoms with Crippen molar-refractivity contribution in [3.8, 4) is 0 Å². The number of hydrogen-bond acceptors (Lipinski definition) is 4. The van der Waals surface area contributed by atoms with Crippen LogP contribution in [0, 0.1) is 5.41 Å². The van der Waals surface area contributed by atoms with Crippen molar-refractivity contribution in [3.63, 3.8) is 0 Å². The number of thiazole rings is 1. The molecule has 5 heteroatoms. The highest BCUT2D eigenvalue weighted by molar-refractivity contribution is 7.09. The molecule has 1 aromatic rings. The van der Waals surface area contributed by atoms with Crippen molar-refractivity contribution in [3.05, 3.63) is 16.6 Å². The molecular formula is C12H18N2O2S. The van der Waals surface area contributed by atoms with Gasteiger partial charge in [0.25, 0.3) is 0 Å². The average Bonchev–Trinajstić information content (AvgIpc) is 2.91. The van der Waals surface area contributed by atoms with E-state index in [1.165, 1.54) is 0 Å². The van der Waals surface area contributed by atoms with Gasteiger partial charge in [0.2, 0.25) is 5.91 Å². The van der Waals surface area contributed by atoms with Crippen LogP contribution in [-0.4, -0.2) is 41.1 Å². The molecule has 1 aromatic heterocycles. The van der Waals surface area contributed by atoms with Gasteiger partial charge in [0, 0.05) is 36.5 Å². The predicted molar refractivity (Wildman–Crippen MR) is 66.8 cm³/mol. The Bertz CT molecular complexity index is 374. The summed E-state index contributed by atoms with van der Waals surface area (Å²) in [6.45, 7) is 0.879. The second kappa shape index (κ2) is 5.14. The van der Waals surface area contributed by atoms with E-state index in [0.29, 0.717) is 13.0 Å². The first-order valence-electron chi connectivity index (χ1n) is 5.87. The van der Waals surface area contributed by atoms with E-state index in [-0.39, 0.29) is 17.9 Å². The van der Waals surface area contributed by atoms with E-state index < -0.39 is 0 Å². The third kappa shape index (κ3) is 3.26. The molecule has 94 valence electrons. The lowest BCUT2D eigenvalue weighted by Gasteiger charge is -2.22. The van der Waals surface area contributed by atoms with Crippen molar-refractivity contribution in [1.29, 1.82) is 0 Å². The number of nitrogens with zero attached hydrogens (tertiary/aromatic N) is 2. The van der Waals surface area contributed by atoms with E-state index in [1.54, 1.807) is 21.7 Å². The highest BCUT2D eigenvalue weighted by Gasteiger charge is 2.43. The molecule has 1 heterocycles. The van der Waals surface area contributed by atoms with E-state index in [4.69, 9.17) is 0 Å². The van der Waals surface area contributed by atoms with Crippen LogP contribution in [0.1, 0.15) is 24.1 Å². The molecule has 1 fully saturated rings. The maximum Gasteiger partial charge on any atom is 0.222 e. The quantitative estimate of drug-likeness (QED) is 0.832. The molecule has 2 rings (SSSR count). The third-order valence-corrected chi connectivity index (χ3v) is 4.20. The van der Waals surface area contributed by atoms with Crippen LogP contribution in [-0.2, 0) is 11.2 Å². The summed E-state index contributed by atoms with van der Waals surface area (Å²) in [5, 5.41) is 9.22. The molecule has 1 aliphatic rings. The number of carbonyl (C=O) groups is 1. The number of rotatable bonds is 6. The van der Waals surface area contributed by atoms with Crippen LogP contribution in [0.25, 0.3) is 0 Å². The second-order valence-corrected chi connectivity index (χ2v) is 5.85. The maximum absolute atomic E-state index is 11.9. The standard InChI is InChI=1S/C12H18N2O2S/c1-14(7-12(8-15)4-5-12)11(16)3-2-10-6-13-9-17-10/h6,9,15H,2-5,7-8H2,1H3. The number of hydrogen-bond donors (Lipinski definition) is 1. The van der Waals surface area contributed by atoms with Crippen LogP contribution in [0.3, 0.4) is 0 Å². The molecule has 1 N–H and O–H groups in total.